The minimum Gasteiger partial charge on any atom is -0.326 e. The van der Waals surface area contributed by atoms with E-state index in [2.05, 4.69) is 20.6 Å². The molecule has 0 fully saturated rings. The average Bonchev–Trinajstić information content (AvgIpc) is 2.74. The molecule has 0 spiro atoms. The molecular weight excluding hydrogens is 412 g/mol. The van der Waals surface area contributed by atoms with E-state index in [1.807, 2.05) is 56.3 Å². The summed E-state index contributed by atoms with van der Waals surface area (Å²) in [6.45, 7) is 3.94. The molecule has 1 aromatic heterocycles. The van der Waals surface area contributed by atoms with Crippen LogP contribution in [0.25, 0.3) is 0 Å². The average molecular weight is 435 g/mol. The standard InChI is InChI=1S/C23H22N4O3S/c1-13-8-9-16(10-14(13)2)24-21(29)17-11-18(28)25-20-19(17)22(30)27-23(26-20)31-12-15-6-4-3-5-7-15/h3-10,17H,11-12H2,1-2H3,(H,24,29)(H2,25,26,27,28,30)/t17-/m1/s1. The van der Waals surface area contributed by atoms with Crippen LogP contribution < -0.4 is 16.2 Å². The Morgan fingerprint density at radius 2 is 1.90 bits per heavy atom. The van der Waals surface area contributed by atoms with Gasteiger partial charge in [-0.15, -0.1) is 0 Å². The van der Waals surface area contributed by atoms with E-state index in [-0.39, 0.29) is 23.7 Å². The number of carbonyl (C=O) groups is 2. The number of thioether (sulfide) groups is 1. The summed E-state index contributed by atoms with van der Waals surface area (Å²) in [6, 6.07) is 15.4. The number of rotatable bonds is 5. The Balaban J connectivity index is 1.58. The molecule has 1 aliphatic rings. The maximum absolute atomic E-state index is 12.9. The lowest BCUT2D eigenvalue weighted by molar-refractivity contribution is -0.123. The van der Waals surface area contributed by atoms with Crippen molar-refractivity contribution in [3.8, 4) is 0 Å². The number of H-pyrrole nitrogens is 1. The first kappa shape index (κ1) is 20.9. The number of aromatic amines is 1. The Hall–Kier alpha value is -3.39. The topological polar surface area (TPSA) is 104 Å². The lowest BCUT2D eigenvalue weighted by atomic mass is 9.92. The van der Waals surface area contributed by atoms with Gasteiger partial charge in [0.25, 0.3) is 5.56 Å². The molecule has 0 aliphatic carbocycles. The van der Waals surface area contributed by atoms with E-state index in [0.29, 0.717) is 16.6 Å². The SMILES string of the molecule is Cc1ccc(NC(=O)[C@@H]2CC(=O)Nc3nc(SCc4ccccc4)[nH]c(=O)c32)cc1C. The van der Waals surface area contributed by atoms with Crippen LogP contribution in [0.1, 0.15) is 34.6 Å². The summed E-state index contributed by atoms with van der Waals surface area (Å²) >= 11 is 1.36. The molecule has 8 heteroatoms. The zero-order valence-electron chi connectivity index (χ0n) is 17.2. The molecule has 2 aromatic carbocycles. The normalized spacial score (nSPS) is 15.2. The molecule has 3 N–H and O–H groups in total. The molecular formula is C23H22N4O3S. The molecule has 4 rings (SSSR count). The molecule has 0 unspecified atom stereocenters. The van der Waals surface area contributed by atoms with Gasteiger partial charge >= 0.3 is 0 Å². The molecule has 7 nitrogen and oxygen atoms in total. The zero-order valence-corrected chi connectivity index (χ0v) is 18.0. The lowest BCUT2D eigenvalue weighted by Gasteiger charge is -2.23. The summed E-state index contributed by atoms with van der Waals surface area (Å²) in [4.78, 5) is 45.2. The van der Waals surface area contributed by atoms with Crippen LogP contribution in [0, 0.1) is 13.8 Å². The number of anilines is 2. The summed E-state index contributed by atoms with van der Waals surface area (Å²) in [5.41, 5.74) is 3.63. The second-order valence-electron chi connectivity index (χ2n) is 7.50. The highest BCUT2D eigenvalue weighted by Gasteiger charge is 2.34. The van der Waals surface area contributed by atoms with Gasteiger partial charge in [0.1, 0.15) is 5.82 Å². The van der Waals surface area contributed by atoms with E-state index >= 15 is 0 Å². The van der Waals surface area contributed by atoms with Crippen molar-refractivity contribution in [2.24, 2.45) is 0 Å². The highest BCUT2D eigenvalue weighted by molar-refractivity contribution is 7.98. The van der Waals surface area contributed by atoms with E-state index in [1.54, 1.807) is 6.07 Å². The van der Waals surface area contributed by atoms with E-state index in [9.17, 15) is 14.4 Å². The van der Waals surface area contributed by atoms with Crippen molar-refractivity contribution in [1.82, 2.24) is 9.97 Å². The molecule has 0 bridgehead atoms. The maximum atomic E-state index is 12.9. The molecule has 31 heavy (non-hydrogen) atoms. The number of nitrogens with one attached hydrogen (secondary N) is 3. The Labute approximate surface area is 183 Å². The molecule has 1 aliphatic heterocycles. The van der Waals surface area contributed by atoms with Crippen LogP contribution in [0.4, 0.5) is 11.5 Å². The second-order valence-corrected chi connectivity index (χ2v) is 8.46. The first-order chi connectivity index (χ1) is 14.9. The van der Waals surface area contributed by atoms with E-state index < -0.39 is 17.4 Å². The summed E-state index contributed by atoms with van der Waals surface area (Å²) in [7, 11) is 0. The molecule has 0 saturated carbocycles. The summed E-state index contributed by atoms with van der Waals surface area (Å²) < 4.78 is 0. The van der Waals surface area contributed by atoms with E-state index in [4.69, 9.17) is 0 Å². The van der Waals surface area contributed by atoms with Crippen molar-refractivity contribution in [2.45, 2.75) is 37.1 Å². The summed E-state index contributed by atoms with van der Waals surface area (Å²) in [5.74, 6) is -0.889. The largest absolute Gasteiger partial charge is 0.326 e. The van der Waals surface area contributed by atoms with E-state index in [0.717, 1.165) is 16.7 Å². The molecule has 0 radical (unpaired) electrons. The fourth-order valence-corrected chi connectivity index (χ4v) is 4.23. The molecule has 2 heterocycles. The van der Waals surface area contributed by atoms with Gasteiger partial charge in [0.05, 0.1) is 11.5 Å². The Bertz CT molecular complexity index is 1210. The van der Waals surface area contributed by atoms with Gasteiger partial charge in [-0.3, -0.25) is 14.4 Å². The molecule has 3 aromatic rings. The van der Waals surface area contributed by atoms with Gasteiger partial charge in [0.15, 0.2) is 5.16 Å². The Kier molecular flexibility index (Phi) is 5.90. The van der Waals surface area contributed by atoms with Crippen molar-refractivity contribution < 1.29 is 9.59 Å². The van der Waals surface area contributed by atoms with Gasteiger partial charge in [0.2, 0.25) is 11.8 Å². The summed E-state index contributed by atoms with van der Waals surface area (Å²) in [5, 5.41) is 5.86. The highest BCUT2D eigenvalue weighted by atomic mass is 32.2. The predicted molar refractivity (Wildman–Crippen MR) is 121 cm³/mol. The van der Waals surface area contributed by atoms with Crippen LogP contribution in [0.15, 0.2) is 58.5 Å². The van der Waals surface area contributed by atoms with Gasteiger partial charge in [-0.1, -0.05) is 48.2 Å². The van der Waals surface area contributed by atoms with Gasteiger partial charge in [-0.2, -0.15) is 0 Å². The molecule has 158 valence electrons. The number of fused-ring (bicyclic) bond motifs is 1. The number of carbonyl (C=O) groups excluding carboxylic acids is 2. The molecule has 2 amide bonds. The van der Waals surface area contributed by atoms with E-state index in [1.165, 1.54) is 11.8 Å². The zero-order chi connectivity index (χ0) is 22.0. The number of benzene rings is 2. The Morgan fingerprint density at radius 3 is 2.65 bits per heavy atom. The van der Waals surface area contributed by atoms with Gasteiger partial charge in [0, 0.05) is 17.9 Å². The fraction of sp³-hybridized carbons (Fsp3) is 0.217. The van der Waals surface area contributed by atoms with Crippen molar-refractivity contribution in [1.29, 1.82) is 0 Å². The van der Waals surface area contributed by atoms with Crippen LogP contribution in [0.2, 0.25) is 0 Å². The van der Waals surface area contributed by atoms with Crippen LogP contribution in [-0.2, 0) is 15.3 Å². The van der Waals surface area contributed by atoms with Crippen LogP contribution in [-0.4, -0.2) is 21.8 Å². The first-order valence-electron chi connectivity index (χ1n) is 9.89. The quantitative estimate of drug-likeness (QED) is 0.419. The minimum atomic E-state index is -0.908. The highest BCUT2D eigenvalue weighted by Crippen LogP contribution is 2.31. The van der Waals surface area contributed by atoms with Gasteiger partial charge < -0.3 is 15.6 Å². The Morgan fingerprint density at radius 1 is 1.13 bits per heavy atom. The van der Waals surface area contributed by atoms with Gasteiger partial charge in [-0.25, -0.2) is 4.98 Å². The van der Waals surface area contributed by atoms with Crippen molar-refractivity contribution in [3.05, 3.63) is 81.1 Å². The second kappa shape index (κ2) is 8.77. The van der Waals surface area contributed by atoms with Crippen LogP contribution in [0.3, 0.4) is 0 Å². The minimum absolute atomic E-state index is 0.106. The maximum Gasteiger partial charge on any atom is 0.257 e. The number of nitrogens with zero attached hydrogens (tertiary/aromatic N) is 1. The van der Waals surface area contributed by atoms with Gasteiger partial charge in [-0.05, 0) is 42.7 Å². The first-order valence-corrected chi connectivity index (χ1v) is 10.9. The van der Waals surface area contributed by atoms with Crippen molar-refractivity contribution in [2.75, 3.05) is 10.6 Å². The monoisotopic (exact) mass is 434 g/mol. The number of amides is 2. The number of hydrogen-bond acceptors (Lipinski definition) is 5. The van der Waals surface area contributed by atoms with Crippen LogP contribution >= 0.6 is 11.8 Å². The fourth-order valence-electron chi connectivity index (χ4n) is 3.42. The third-order valence-electron chi connectivity index (χ3n) is 5.24. The molecule has 1 atom stereocenters. The number of aryl methyl sites for hydroxylation is 2. The third-order valence-corrected chi connectivity index (χ3v) is 6.18. The third kappa shape index (κ3) is 4.69. The lowest BCUT2D eigenvalue weighted by Crippen LogP contribution is -2.36. The number of aromatic nitrogens is 2. The number of hydrogen-bond donors (Lipinski definition) is 3. The predicted octanol–water partition coefficient (Wildman–Crippen LogP) is 3.74. The van der Waals surface area contributed by atoms with Crippen molar-refractivity contribution >= 4 is 35.1 Å². The van der Waals surface area contributed by atoms with Crippen LogP contribution in [0.5, 0.6) is 0 Å². The summed E-state index contributed by atoms with van der Waals surface area (Å²) in [6.07, 6.45) is -0.106. The smallest absolute Gasteiger partial charge is 0.257 e. The van der Waals surface area contributed by atoms with Crippen molar-refractivity contribution in [3.63, 3.8) is 0 Å². The molecule has 0 saturated heterocycles.